The van der Waals surface area contributed by atoms with Crippen molar-refractivity contribution < 1.29 is 13.9 Å². The Balaban J connectivity index is 1.73. The normalized spacial score (nSPS) is 22.2. The lowest BCUT2D eigenvalue weighted by molar-refractivity contribution is -0.0646. The Morgan fingerprint density at radius 3 is 2.82 bits per heavy atom. The lowest BCUT2D eigenvalue weighted by atomic mass is 10.2. The zero-order valence-electron chi connectivity index (χ0n) is 12.6. The van der Waals surface area contributed by atoms with Crippen LogP contribution < -0.4 is 10.6 Å². The van der Waals surface area contributed by atoms with Crippen molar-refractivity contribution in [1.82, 2.24) is 15.3 Å². The molecular formula is C15H18N4O3. The molecule has 0 radical (unpaired) electrons. The Bertz CT molecular complexity index is 747. The smallest absolute Gasteiger partial charge is 0.257 e. The molecule has 4 rings (SSSR count). The van der Waals surface area contributed by atoms with Crippen molar-refractivity contribution in [2.45, 2.75) is 44.9 Å². The van der Waals surface area contributed by atoms with Gasteiger partial charge in [-0.3, -0.25) is 4.79 Å². The van der Waals surface area contributed by atoms with Crippen molar-refractivity contribution in [3.05, 3.63) is 17.7 Å². The number of carbonyl (C=O) groups is 1. The molecule has 0 aromatic carbocycles. The van der Waals surface area contributed by atoms with Gasteiger partial charge in [0.1, 0.15) is 24.1 Å². The molecule has 22 heavy (non-hydrogen) atoms. The van der Waals surface area contributed by atoms with Crippen LogP contribution >= 0.6 is 0 Å². The molecule has 1 unspecified atom stereocenters. The zero-order valence-corrected chi connectivity index (χ0v) is 12.6. The minimum absolute atomic E-state index is 0.0514. The molecule has 7 heteroatoms. The average molecular weight is 302 g/mol. The monoisotopic (exact) mass is 302 g/mol. The minimum Gasteiger partial charge on any atom is -0.445 e. The Hall–Kier alpha value is -2.15. The number of nitrogens with zero attached hydrogens (tertiary/aromatic N) is 2. The van der Waals surface area contributed by atoms with Crippen molar-refractivity contribution in [3.8, 4) is 0 Å². The van der Waals surface area contributed by atoms with Gasteiger partial charge in [-0.1, -0.05) is 0 Å². The van der Waals surface area contributed by atoms with Crippen LogP contribution in [-0.2, 0) is 4.74 Å². The van der Waals surface area contributed by atoms with E-state index in [0.717, 1.165) is 19.3 Å². The van der Waals surface area contributed by atoms with E-state index in [0.29, 0.717) is 34.9 Å². The van der Waals surface area contributed by atoms with Crippen LogP contribution in [0.3, 0.4) is 0 Å². The second-order valence-electron chi connectivity index (χ2n) is 6.26. The summed E-state index contributed by atoms with van der Waals surface area (Å²) < 4.78 is 10.7. The molecule has 1 aliphatic heterocycles. The van der Waals surface area contributed by atoms with Gasteiger partial charge in [0.25, 0.3) is 5.91 Å². The second-order valence-corrected chi connectivity index (χ2v) is 6.26. The van der Waals surface area contributed by atoms with E-state index < -0.39 is 0 Å². The van der Waals surface area contributed by atoms with Crippen molar-refractivity contribution in [2.75, 3.05) is 11.9 Å². The summed E-state index contributed by atoms with van der Waals surface area (Å²) in [7, 11) is 0. The second kappa shape index (κ2) is 4.67. The van der Waals surface area contributed by atoms with Gasteiger partial charge in [0.15, 0.2) is 0 Å². The first kappa shape index (κ1) is 13.5. The molecule has 1 amide bonds. The molecular weight excluding hydrogens is 284 g/mol. The first-order valence-corrected chi connectivity index (χ1v) is 7.51. The molecule has 2 aromatic rings. The molecule has 2 N–H and O–H groups in total. The molecule has 1 saturated carbocycles. The predicted octanol–water partition coefficient (Wildman–Crippen LogP) is 1.97. The highest BCUT2D eigenvalue weighted by Crippen LogP contribution is 2.39. The predicted molar refractivity (Wildman–Crippen MR) is 79.6 cm³/mol. The van der Waals surface area contributed by atoms with Crippen LogP contribution in [0.4, 0.5) is 5.82 Å². The summed E-state index contributed by atoms with van der Waals surface area (Å²) in [4.78, 5) is 21.1. The molecule has 1 saturated heterocycles. The maximum absolute atomic E-state index is 12.4. The molecule has 116 valence electrons. The van der Waals surface area contributed by atoms with Crippen LogP contribution in [0, 0.1) is 6.92 Å². The average Bonchev–Trinajstić information content (AvgIpc) is 2.98. The van der Waals surface area contributed by atoms with E-state index in [1.54, 1.807) is 0 Å². The maximum atomic E-state index is 12.4. The zero-order chi connectivity index (χ0) is 15.3. The van der Waals surface area contributed by atoms with Crippen LogP contribution in [0.1, 0.15) is 42.4 Å². The number of aromatic nitrogens is 2. The van der Waals surface area contributed by atoms with Crippen molar-refractivity contribution in [1.29, 1.82) is 0 Å². The van der Waals surface area contributed by atoms with Gasteiger partial charge in [-0.2, -0.15) is 4.98 Å². The number of rotatable bonds is 4. The number of hydrogen-bond acceptors (Lipinski definition) is 6. The van der Waals surface area contributed by atoms with Crippen molar-refractivity contribution in [2.24, 2.45) is 0 Å². The highest BCUT2D eigenvalue weighted by atomic mass is 16.5. The summed E-state index contributed by atoms with van der Waals surface area (Å²) in [5.74, 6) is 1.05. The molecule has 2 aliphatic rings. The number of hydrogen-bond donors (Lipinski definition) is 2. The number of furan rings is 1. The van der Waals surface area contributed by atoms with E-state index in [1.807, 2.05) is 6.92 Å². The largest absolute Gasteiger partial charge is 0.445 e. The molecule has 1 atom stereocenters. The van der Waals surface area contributed by atoms with E-state index in [9.17, 15) is 4.79 Å². The number of amides is 1. The van der Waals surface area contributed by atoms with Crippen molar-refractivity contribution >= 4 is 22.8 Å². The van der Waals surface area contributed by atoms with Crippen LogP contribution in [0.25, 0.3) is 11.1 Å². The topological polar surface area (TPSA) is 89.3 Å². The molecule has 2 fully saturated rings. The van der Waals surface area contributed by atoms with Crippen LogP contribution in [0.15, 0.2) is 10.7 Å². The molecule has 0 bridgehead atoms. The maximum Gasteiger partial charge on any atom is 0.257 e. The fourth-order valence-corrected chi connectivity index (χ4v) is 2.48. The number of ether oxygens (including phenoxy) is 1. The minimum atomic E-state index is -0.222. The van der Waals surface area contributed by atoms with Gasteiger partial charge >= 0.3 is 0 Å². The highest BCUT2D eigenvalue weighted by Gasteiger charge is 2.38. The Labute approximate surface area is 127 Å². The number of nitrogens with one attached hydrogen (secondary N) is 2. The SMILES string of the molecule is Cc1nc(NC2(C)CC2)c2c(C(=O)NC3CCO3)coc2n1. The number of anilines is 1. The quantitative estimate of drug-likeness (QED) is 0.897. The third kappa shape index (κ3) is 2.31. The summed E-state index contributed by atoms with van der Waals surface area (Å²) in [6.07, 6.45) is 4.24. The third-order valence-corrected chi connectivity index (χ3v) is 4.20. The van der Waals surface area contributed by atoms with Crippen LogP contribution in [-0.4, -0.2) is 34.2 Å². The van der Waals surface area contributed by atoms with Crippen LogP contribution in [0.5, 0.6) is 0 Å². The van der Waals surface area contributed by atoms with Gasteiger partial charge in [-0.15, -0.1) is 0 Å². The summed E-state index contributed by atoms with van der Waals surface area (Å²) in [6.45, 7) is 4.63. The van der Waals surface area contributed by atoms with E-state index in [2.05, 4.69) is 27.5 Å². The van der Waals surface area contributed by atoms with Gasteiger partial charge in [0.2, 0.25) is 5.71 Å². The number of fused-ring (bicyclic) bond motifs is 1. The first-order valence-electron chi connectivity index (χ1n) is 7.51. The molecule has 0 spiro atoms. The van der Waals surface area contributed by atoms with Gasteiger partial charge < -0.3 is 19.8 Å². The van der Waals surface area contributed by atoms with E-state index in [-0.39, 0.29) is 17.7 Å². The number of carbonyl (C=O) groups excluding carboxylic acids is 1. The van der Waals surface area contributed by atoms with Gasteiger partial charge in [-0.05, 0) is 26.7 Å². The fourth-order valence-electron chi connectivity index (χ4n) is 2.48. The fraction of sp³-hybridized carbons (Fsp3) is 0.533. The third-order valence-electron chi connectivity index (χ3n) is 4.20. The summed E-state index contributed by atoms with van der Waals surface area (Å²) >= 11 is 0. The molecule has 3 heterocycles. The summed E-state index contributed by atoms with van der Waals surface area (Å²) in [6, 6.07) is 0. The lowest BCUT2D eigenvalue weighted by Crippen LogP contribution is -2.44. The van der Waals surface area contributed by atoms with E-state index in [1.165, 1.54) is 6.26 Å². The van der Waals surface area contributed by atoms with Crippen molar-refractivity contribution in [3.63, 3.8) is 0 Å². The Morgan fingerprint density at radius 2 is 2.18 bits per heavy atom. The van der Waals surface area contributed by atoms with Gasteiger partial charge in [0, 0.05) is 12.0 Å². The Kier molecular flexibility index (Phi) is 2.87. The standard InChI is InChI=1S/C15H18N4O3/c1-8-16-12(19-15(2)4-5-15)11-9(7-22-14(11)17-8)13(20)18-10-3-6-21-10/h7,10H,3-6H2,1-2H3,(H,18,20)(H,16,17,19). The number of aryl methyl sites for hydroxylation is 1. The Morgan fingerprint density at radius 1 is 1.41 bits per heavy atom. The van der Waals surface area contributed by atoms with Gasteiger partial charge in [-0.25, -0.2) is 4.98 Å². The van der Waals surface area contributed by atoms with Crippen LogP contribution in [0.2, 0.25) is 0 Å². The van der Waals surface area contributed by atoms with Gasteiger partial charge in [0.05, 0.1) is 17.6 Å². The summed E-state index contributed by atoms with van der Waals surface area (Å²) in [5.41, 5.74) is 0.923. The highest BCUT2D eigenvalue weighted by molar-refractivity contribution is 6.09. The summed E-state index contributed by atoms with van der Waals surface area (Å²) in [5, 5.41) is 6.88. The molecule has 1 aliphatic carbocycles. The molecule has 2 aromatic heterocycles. The van der Waals surface area contributed by atoms with E-state index >= 15 is 0 Å². The van der Waals surface area contributed by atoms with E-state index in [4.69, 9.17) is 9.15 Å². The first-order chi connectivity index (χ1) is 10.5. The lowest BCUT2D eigenvalue weighted by Gasteiger charge is -2.26. The molecule has 7 nitrogen and oxygen atoms in total.